The van der Waals surface area contributed by atoms with Crippen LogP contribution in [-0.4, -0.2) is 13.2 Å². The molecule has 0 atom stereocenters. The van der Waals surface area contributed by atoms with Crippen LogP contribution in [0.25, 0.3) is 10.8 Å². The minimum absolute atomic E-state index is 0.692. The molecule has 0 aliphatic carbocycles. The Bertz CT molecular complexity index is 1000. The molecule has 0 spiro atoms. The Morgan fingerprint density at radius 3 is 2.25 bits per heavy atom. The first-order valence-corrected chi connectivity index (χ1v) is 9.86. The zero-order valence-electron chi connectivity index (χ0n) is 16.0. The molecule has 2 heteroatoms. The molecule has 0 saturated heterocycles. The summed E-state index contributed by atoms with van der Waals surface area (Å²) in [5, 5.41) is 6.16. The van der Waals surface area contributed by atoms with Crippen molar-refractivity contribution in [3.63, 3.8) is 0 Å². The summed E-state index contributed by atoms with van der Waals surface area (Å²) in [6.45, 7) is 1.60. The summed E-state index contributed by atoms with van der Waals surface area (Å²) in [7, 11) is 0. The normalized spacial score (nSPS) is 10.7. The van der Waals surface area contributed by atoms with Crippen LogP contribution < -0.4 is 10.1 Å². The van der Waals surface area contributed by atoms with E-state index in [-0.39, 0.29) is 0 Å². The van der Waals surface area contributed by atoms with Crippen molar-refractivity contribution in [3.8, 4) is 5.75 Å². The Labute approximate surface area is 166 Å². The molecule has 0 amide bonds. The van der Waals surface area contributed by atoms with E-state index in [1.54, 1.807) is 0 Å². The number of nitrogens with one attached hydrogen (secondary N) is 1. The third kappa shape index (κ3) is 4.72. The van der Waals surface area contributed by atoms with Gasteiger partial charge in [-0.15, -0.1) is 0 Å². The second-order valence-corrected chi connectivity index (χ2v) is 6.92. The molecule has 0 radical (unpaired) electrons. The lowest BCUT2D eigenvalue weighted by molar-refractivity contribution is 0.322. The Kier molecular flexibility index (Phi) is 5.89. The van der Waals surface area contributed by atoms with Gasteiger partial charge in [0.05, 0.1) is 6.61 Å². The van der Waals surface area contributed by atoms with Gasteiger partial charge in [-0.25, -0.2) is 0 Å². The Morgan fingerprint density at radius 2 is 1.39 bits per heavy atom. The van der Waals surface area contributed by atoms with Crippen molar-refractivity contribution in [3.05, 3.63) is 108 Å². The summed E-state index contributed by atoms with van der Waals surface area (Å²) in [4.78, 5) is 0. The summed E-state index contributed by atoms with van der Waals surface area (Å²) in [5.41, 5.74) is 3.80. The smallest absolute Gasteiger partial charge is 0.119 e. The van der Waals surface area contributed by atoms with Crippen LogP contribution in [0.1, 0.15) is 11.1 Å². The van der Waals surface area contributed by atoms with Gasteiger partial charge in [0, 0.05) is 18.7 Å². The van der Waals surface area contributed by atoms with Gasteiger partial charge in [0.1, 0.15) is 5.75 Å². The van der Waals surface area contributed by atoms with Gasteiger partial charge in [0.25, 0.3) is 0 Å². The summed E-state index contributed by atoms with van der Waals surface area (Å²) in [6.07, 6.45) is 1.92. The highest BCUT2D eigenvalue weighted by Crippen LogP contribution is 2.20. The highest BCUT2D eigenvalue weighted by Gasteiger charge is 2.01. The molecule has 0 fully saturated rings. The molecule has 0 aliphatic heterocycles. The lowest BCUT2D eigenvalue weighted by atomic mass is 10.0. The van der Waals surface area contributed by atoms with Crippen molar-refractivity contribution in [2.24, 2.45) is 0 Å². The third-order valence-electron chi connectivity index (χ3n) is 4.96. The van der Waals surface area contributed by atoms with Gasteiger partial charge in [0.15, 0.2) is 0 Å². The molecule has 0 aliphatic rings. The molecule has 28 heavy (non-hydrogen) atoms. The van der Waals surface area contributed by atoms with Gasteiger partial charge in [-0.3, -0.25) is 0 Å². The first kappa shape index (κ1) is 18.1. The van der Waals surface area contributed by atoms with Crippen LogP contribution in [0, 0.1) is 0 Å². The molecule has 4 aromatic rings. The fourth-order valence-electron chi connectivity index (χ4n) is 3.45. The van der Waals surface area contributed by atoms with Gasteiger partial charge >= 0.3 is 0 Å². The fraction of sp³-hybridized carbons (Fsp3) is 0.154. The molecule has 2 nitrogen and oxygen atoms in total. The second-order valence-electron chi connectivity index (χ2n) is 6.92. The maximum Gasteiger partial charge on any atom is 0.119 e. The summed E-state index contributed by atoms with van der Waals surface area (Å²) < 4.78 is 5.86. The highest BCUT2D eigenvalue weighted by molar-refractivity contribution is 5.85. The van der Waals surface area contributed by atoms with Crippen molar-refractivity contribution in [1.29, 1.82) is 0 Å². The molecule has 0 unspecified atom stereocenters. The van der Waals surface area contributed by atoms with Crippen molar-refractivity contribution >= 4 is 16.5 Å². The first-order valence-electron chi connectivity index (χ1n) is 9.86. The van der Waals surface area contributed by atoms with Gasteiger partial charge < -0.3 is 10.1 Å². The SMILES string of the molecule is c1ccc(CCOc2ccc(NCCc3cccc4ccccc34)cc2)cc1. The van der Waals surface area contributed by atoms with Gasteiger partial charge in [-0.05, 0) is 52.6 Å². The number of anilines is 1. The van der Waals surface area contributed by atoms with Crippen LogP contribution in [0.3, 0.4) is 0 Å². The van der Waals surface area contributed by atoms with Crippen molar-refractivity contribution < 1.29 is 4.74 Å². The number of ether oxygens (including phenoxy) is 1. The van der Waals surface area contributed by atoms with E-state index in [1.165, 1.54) is 21.9 Å². The zero-order valence-corrected chi connectivity index (χ0v) is 16.0. The Morgan fingerprint density at radius 1 is 0.643 bits per heavy atom. The average molecular weight is 367 g/mol. The lowest BCUT2D eigenvalue weighted by Gasteiger charge is -2.10. The van der Waals surface area contributed by atoms with Crippen LogP contribution in [-0.2, 0) is 12.8 Å². The molecule has 0 bridgehead atoms. The van der Waals surface area contributed by atoms with Crippen LogP contribution in [0.15, 0.2) is 97.1 Å². The van der Waals surface area contributed by atoms with Gasteiger partial charge in [-0.1, -0.05) is 72.8 Å². The standard InChI is InChI=1S/C26H25NO/c1-2-7-21(8-3-1)18-20-28-25-15-13-24(14-16-25)27-19-17-23-11-6-10-22-9-4-5-12-26(22)23/h1-16,27H,17-20H2. The van der Waals surface area contributed by atoms with Crippen molar-refractivity contribution in [1.82, 2.24) is 0 Å². The number of hydrogen-bond acceptors (Lipinski definition) is 2. The largest absolute Gasteiger partial charge is 0.493 e. The maximum atomic E-state index is 5.86. The van der Waals surface area contributed by atoms with E-state index in [1.807, 2.05) is 18.2 Å². The number of rotatable bonds is 8. The first-order chi connectivity index (χ1) is 13.9. The molecule has 1 N–H and O–H groups in total. The van der Waals surface area contributed by atoms with E-state index in [2.05, 4.69) is 84.2 Å². The number of hydrogen-bond donors (Lipinski definition) is 1. The van der Waals surface area contributed by atoms with E-state index in [0.717, 1.165) is 30.8 Å². The molecule has 4 aromatic carbocycles. The van der Waals surface area contributed by atoms with E-state index in [9.17, 15) is 0 Å². The second kappa shape index (κ2) is 9.09. The minimum Gasteiger partial charge on any atom is -0.493 e. The zero-order chi connectivity index (χ0) is 19.0. The molecule has 0 aromatic heterocycles. The predicted molar refractivity (Wildman–Crippen MR) is 118 cm³/mol. The lowest BCUT2D eigenvalue weighted by Crippen LogP contribution is -2.05. The van der Waals surface area contributed by atoms with Crippen LogP contribution in [0.5, 0.6) is 5.75 Å². The van der Waals surface area contributed by atoms with Crippen molar-refractivity contribution in [2.75, 3.05) is 18.5 Å². The molecular formula is C26H25NO. The average Bonchev–Trinajstić information content (AvgIpc) is 2.76. The summed E-state index contributed by atoms with van der Waals surface area (Å²) >= 11 is 0. The highest BCUT2D eigenvalue weighted by atomic mass is 16.5. The van der Waals surface area contributed by atoms with E-state index in [0.29, 0.717) is 6.61 Å². The predicted octanol–water partition coefficient (Wildman–Crippen LogP) is 6.12. The van der Waals surface area contributed by atoms with Gasteiger partial charge in [-0.2, -0.15) is 0 Å². The summed E-state index contributed by atoms with van der Waals surface area (Å²) in [5.74, 6) is 0.913. The molecule has 0 saturated carbocycles. The molecule has 0 heterocycles. The monoisotopic (exact) mass is 367 g/mol. The topological polar surface area (TPSA) is 21.3 Å². The fourth-order valence-corrected chi connectivity index (χ4v) is 3.45. The van der Waals surface area contributed by atoms with E-state index >= 15 is 0 Å². The molecule has 140 valence electrons. The molecular weight excluding hydrogens is 342 g/mol. The van der Waals surface area contributed by atoms with Crippen LogP contribution in [0.2, 0.25) is 0 Å². The Hall–Kier alpha value is -3.26. The number of benzene rings is 4. The van der Waals surface area contributed by atoms with E-state index in [4.69, 9.17) is 4.74 Å². The number of fused-ring (bicyclic) bond motifs is 1. The summed E-state index contributed by atoms with van der Waals surface area (Å²) in [6, 6.07) is 33.8. The molecule has 4 rings (SSSR count). The van der Waals surface area contributed by atoms with E-state index < -0.39 is 0 Å². The quantitative estimate of drug-likeness (QED) is 0.405. The third-order valence-corrected chi connectivity index (χ3v) is 4.96. The van der Waals surface area contributed by atoms with Crippen LogP contribution in [0.4, 0.5) is 5.69 Å². The maximum absolute atomic E-state index is 5.86. The Balaban J connectivity index is 1.26. The van der Waals surface area contributed by atoms with Crippen molar-refractivity contribution in [2.45, 2.75) is 12.8 Å². The van der Waals surface area contributed by atoms with Gasteiger partial charge in [0.2, 0.25) is 0 Å². The van der Waals surface area contributed by atoms with Crippen LogP contribution >= 0.6 is 0 Å². The minimum atomic E-state index is 0.692.